The third kappa shape index (κ3) is 4.43. The lowest BCUT2D eigenvalue weighted by atomic mass is 9.55. The van der Waals surface area contributed by atoms with E-state index < -0.39 is 11.0 Å². The molecule has 1 heterocycles. The molecule has 34 heavy (non-hydrogen) atoms. The summed E-state index contributed by atoms with van der Waals surface area (Å²) in [5.74, 6) is 0.607. The zero-order valence-corrected chi connectivity index (χ0v) is 19.8. The Balaban J connectivity index is 1.49. The standard InChI is InChI=1S/C28H34N2O4/c1-20(31)34-28-13-12-24(29-26(33)22-6-3-2-4-7-22)17-27(28,23-8-5-9-25(32)16-23)14-15-30(19-28)18-21-10-11-21/h2-9,16,21,24,32H,10-15,17-19H2,1H3,(H,29,33)/t24-,27?,28?/m0/s1. The Morgan fingerprint density at radius 2 is 1.88 bits per heavy atom. The van der Waals surface area contributed by atoms with Crippen LogP contribution in [0.5, 0.6) is 5.75 Å². The van der Waals surface area contributed by atoms with Crippen molar-refractivity contribution in [2.24, 2.45) is 5.92 Å². The predicted octanol–water partition coefficient (Wildman–Crippen LogP) is 4.03. The fourth-order valence-corrected chi connectivity index (χ4v) is 6.29. The van der Waals surface area contributed by atoms with E-state index in [0.717, 1.165) is 37.4 Å². The van der Waals surface area contributed by atoms with E-state index >= 15 is 0 Å². The minimum Gasteiger partial charge on any atom is -0.508 e. The highest BCUT2D eigenvalue weighted by Crippen LogP contribution is 2.54. The summed E-state index contributed by atoms with van der Waals surface area (Å²) in [6.45, 7) is 4.14. The highest BCUT2D eigenvalue weighted by molar-refractivity contribution is 5.94. The minimum atomic E-state index is -0.687. The van der Waals surface area contributed by atoms with Gasteiger partial charge in [0, 0.05) is 37.0 Å². The topological polar surface area (TPSA) is 78.9 Å². The van der Waals surface area contributed by atoms with Gasteiger partial charge < -0.3 is 15.2 Å². The second kappa shape index (κ2) is 9.06. The van der Waals surface area contributed by atoms with Crippen molar-refractivity contribution in [2.45, 2.75) is 62.5 Å². The molecule has 0 aromatic heterocycles. The fraction of sp³-hybridized carbons (Fsp3) is 0.500. The number of aromatic hydroxyl groups is 1. The number of esters is 1. The van der Waals surface area contributed by atoms with Crippen LogP contribution in [-0.2, 0) is 14.9 Å². The maximum atomic E-state index is 13.0. The molecule has 2 N–H and O–H groups in total. The Morgan fingerprint density at radius 3 is 2.59 bits per heavy atom. The summed E-state index contributed by atoms with van der Waals surface area (Å²) in [6, 6.07) is 16.6. The zero-order chi connectivity index (χ0) is 23.8. The number of amides is 1. The SMILES string of the molecule is CC(=O)OC12CC[C@H](NC(=O)c3ccccc3)CC1(c1cccc(O)c1)CCN(CC1CC1)C2. The van der Waals surface area contributed by atoms with E-state index in [1.54, 1.807) is 6.07 Å². The number of fused-ring (bicyclic) bond motifs is 1. The lowest BCUT2D eigenvalue weighted by Crippen LogP contribution is -2.68. The average Bonchev–Trinajstić information content (AvgIpc) is 3.63. The van der Waals surface area contributed by atoms with E-state index in [4.69, 9.17) is 4.74 Å². The van der Waals surface area contributed by atoms with E-state index in [1.165, 1.54) is 19.8 Å². The van der Waals surface area contributed by atoms with Gasteiger partial charge in [0.15, 0.2) is 0 Å². The van der Waals surface area contributed by atoms with Crippen molar-refractivity contribution in [2.75, 3.05) is 19.6 Å². The zero-order valence-electron chi connectivity index (χ0n) is 19.8. The number of nitrogens with zero attached hydrogens (tertiary/aromatic N) is 1. The molecule has 1 aliphatic heterocycles. The van der Waals surface area contributed by atoms with Gasteiger partial charge in [-0.1, -0.05) is 30.3 Å². The van der Waals surface area contributed by atoms with Crippen LogP contribution >= 0.6 is 0 Å². The second-order valence-electron chi connectivity index (χ2n) is 10.4. The largest absolute Gasteiger partial charge is 0.508 e. The molecule has 6 heteroatoms. The van der Waals surface area contributed by atoms with Crippen LogP contribution in [0.4, 0.5) is 0 Å². The third-order valence-electron chi connectivity index (χ3n) is 8.02. The predicted molar refractivity (Wildman–Crippen MR) is 130 cm³/mol. The number of carbonyl (C=O) groups excluding carboxylic acids is 2. The molecule has 3 fully saturated rings. The van der Waals surface area contributed by atoms with Gasteiger partial charge in [-0.15, -0.1) is 0 Å². The molecule has 1 saturated heterocycles. The van der Waals surface area contributed by atoms with Crippen LogP contribution in [-0.4, -0.2) is 53.2 Å². The van der Waals surface area contributed by atoms with Crippen molar-refractivity contribution in [1.29, 1.82) is 0 Å². The first kappa shape index (κ1) is 22.9. The molecule has 6 nitrogen and oxygen atoms in total. The normalized spacial score (nSPS) is 29.1. The highest BCUT2D eigenvalue weighted by atomic mass is 16.6. The molecule has 2 saturated carbocycles. The Morgan fingerprint density at radius 1 is 1.09 bits per heavy atom. The number of phenols is 1. The van der Waals surface area contributed by atoms with Crippen molar-refractivity contribution in [3.8, 4) is 5.75 Å². The van der Waals surface area contributed by atoms with Gasteiger partial charge in [-0.2, -0.15) is 0 Å². The highest BCUT2D eigenvalue weighted by Gasteiger charge is 2.61. The summed E-state index contributed by atoms with van der Waals surface area (Å²) in [7, 11) is 0. The van der Waals surface area contributed by atoms with Gasteiger partial charge in [0.05, 0.1) is 0 Å². The summed E-state index contributed by atoms with van der Waals surface area (Å²) in [5.41, 5.74) is 0.460. The van der Waals surface area contributed by atoms with E-state index in [-0.39, 0.29) is 23.7 Å². The van der Waals surface area contributed by atoms with Crippen molar-refractivity contribution in [3.05, 3.63) is 65.7 Å². The molecular formula is C28H34N2O4. The summed E-state index contributed by atoms with van der Waals surface area (Å²) < 4.78 is 6.28. The number of nitrogens with one attached hydrogen (secondary N) is 1. The molecule has 5 rings (SSSR count). The number of likely N-dealkylation sites (tertiary alicyclic amines) is 1. The number of phenolic OH excluding ortho intramolecular Hbond substituents is 1. The Hall–Kier alpha value is -2.86. The van der Waals surface area contributed by atoms with Crippen LogP contribution in [0.25, 0.3) is 0 Å². The molecule has 0 radical (unpaired) electrons. The van der Waals surface area contributed by atoms with Crippen LogP contribution in [0, 0.1) is 5.92 Å². The third-order valence-corrected chi connectivity index (χ3v) is 8.02. The molecule has 2 aromatic rings. The van der Waals surface area contributed by atoms with E-state index in [9.17, 15) is 14.7 Å². The summed E-state index contributed by atoms with van der Waals surface area (Å²) in [4.78, 5) is 27.9. The van der Waals surface area contributed by atoms with Crippen molar-refractivity contribution in [3.63, 3.8) is 0 Å². The van der Waals surface area contributed by atoms with Crippen molar-refractivity contribution in [1.82, 2.24) is 10.2 Å². The van der Waals surface area contributed by atoms with Gasteiger partial charge >= 0.3 is 5.97 Å². The number of hydrogen-bond acceptors (Lipinski definition) is 5. The average molecular weight is 463 g/mol. The molecule has 180 valence electrons. The maximum absolute atomic E-state index is 13.0. The molecule has 3 atom stereocenters. The van der Waals surface area contributed by atoms with Crippen LogP contribution in [0.3, 0.4) is 0 Å². The van der Waals surface area contributed by atoms with Gasteiger partial charge in [0.25, 0.3) is 5.91 Å². The monoisotopic (exact) mass is 462 g/mol. The van der Waals surface area contributed by atoms with Crippen LogP contribution in [0.2, 0.25) is 0 Å². The van der Waals surface area contributed by atoms with Gasteiger partial charge in [-0.3, -0.25) is 14.5 Å². The summed E-state index contributed by atoms with van der Waals surface area (Å²) in [5, 5.41) is 13.6. The molecule has 3 aliphatic rings. The first-order chi connectivity index (χ1) is 16.4. The van der Waals surface area contributed by atoms with Crippen LogP contribution in [0.15, 0.2) is 54.6 Å². The number of rotatable bonds is 6. The van der Waals surface area contributed by atoms with Gasteiger partial charge in [-0.05, 0) is 80.8 Å². The fourth-order valence-electron chi connectivity index (χ4n) is 6.29. The number of carbonyl (C=O) groups is 2. The summed E-state index contributed by atoms with van der Waals surface area (Å²) >= 11 is 0. The lowest BCUT2D eigenvalue weighted by molar-refractivity contribution is -0.186. The van der Waals surface area contributed by atoms with Gasteiger partial charge in [0.1, 0.15) is 11.4 Å². The molecule has 2 unspecified atom stereocenters. The maximum Gasteiger partial charge on any atom is 0.303 e. The first-order valence-electron chi connectivity index (χ1n) is 12.5. The van der Waals surface area contributed by atoms with E-state index in [0.29, 0.717) is 24.9 Å². The smallest absolute Gasteiger partial charge is 0.303 e. The number of ether oxygens (including phenoxy) is 1. The van der Waals surface area contributed by atoms with E-state index in [2.05, 4.69) is 10.2 Å². The molecule has 0 bridgehead atoms. The first-order valence-corrected chi connectivity index (χ1v) is 12.5. The Labute approximate surface area is 201 Å². The second-order valence-corrected chi connectivity index (χ2v) is 10.4. The molecule has 0 spiro atoms. The molecule has 2 aliphatic carbocycles. The van der Waals surface area contributed by atoms with Crippen LogP contribution in [0.1, 0.15) is 61.4 Å². The van der Waals surface area contributed by atoms with Crippen molar-refractivity contribution >= 4 is 11.9 Å². The van der Waals surface area contributed by atoms with Crippen LogP contribution < -0.4 is 5.32 Å². The Bertz CT molecular complexity index is 1050. The molecule has 1 amide bonds. The van der Waals surface area contributed by atoms with Gasteiger partial charge in [0.2, 0.25) is 0 Å². The number of benzene rings is 2. The van der Waals surface area contributed by atoms with Crippen molar-refractivity contribution < 1.29 is 19.4 Å². The van der Waals surface area contributed by atoms with Gasteiger partial charge in [-0.25, -0.2) is 0 Å². The molecular weight excluding hydrogens is 428 g/mol. The summed E-state index contributed by atoms with van der Waals surface area (Å²) in [6.07, 6.45) is 5.45. The quantitative estimate of drug-likeness (QED) is 0.634. The number of hydrogen-bond donors (Lipinski definition) is 2. The molecule has 2 aromatic carbocycles. The van der Waals surface area contributed by atoms with E-state index in [1.807, 2.05) is 48.5 Å². The minimum absolute atomic E-state index is 0.0475. The Kier molecular flexibility index (Phi) is 6.11. The number of piperidine rings is 1. The lowest BCUT2D eigenvalue weighted by Gasteiger charge is -2.59.